The number of nitrogens with zero attached hydrogens (tertiary/aromatic N) is 3. The number of aryl methyl sites for hydroxylation is 2. The number of fused-ring (bicyclic) bond motifs is 1. The van der Waals surface area contributed by atoms with Crippen LogP contribution in [0.5, 0.6) is 5.88 Å². The van der Waals surface area contributed by atoms with Crippen LogP contribution in [0, 0.1) is 13.8 Å². The molecule has 3 heterocycles. The van der Waals surface area contributed by atoms with Crippen LogP contribution in [0.3, 0.4) is 0 Å². The normalized spacial score (nSPS) is 14.3. The first-order valence-electron chi connectivity index (χ1n) is 11.5. The van der Waals surface area contributed by atoms with Crippen molar-refractivity contribution in [3.63, 3.8) is 0 Å². The van der Waals surface area contributed by atoms with Gasteiger partial charge in [0.1, 0.15) is 5.56 Å². The van der Waals surface area contributed by atoms with E-state index in [0.717, 1.165) is 53.7 Å². The highest BCUT2D eigenvalue weighted by Crippen LogP contribution is 2.34. The van der Waals surface area contributed by atoms with E-state index in [0.29, 0.717) is 22.4 Å². The molecule has 0 spiro atoms. The molecule has 0 radical (unpaired) electrons. The van der Waals surface area contributed by atoms with E-state index in [-0.39, 0.29) is 11.3 Å². The van der Waals surface area contributed by atoms with Crippen molar-refractivity contribution in [3.05, 3.63) is 78.3 Å². The molecule has 0 saturated carbocycles. The highest BCUT2D eigenvalue weighted by atomic mass is 16.3. The van der Waals surface area contributed by atoms with Crippen molar-refractivity contribution in [2.75, 3.05) is 18.0 Å². The number of rotatable bonds is 4. The summed E-state index contributed by atoms with van der Waals surface area (Å²) in [6.07, 6.45) is 4.51. The van der Waals surface area contributed by atoms with E-state index in [4.69, 9.17) is 0 Å². The van der Waals surface area contributed by atoms with Crippen LogP contribution in [0.15, 0.2) is 49.7 Å². The van der Waals surface area contributed by atoms with Crippen LogP contribution in [-0.2, 0) is 0 Å². The molecule has 10 nitrogen and oxygen atoms in total. The van der Waals surface area contributed by atoms with Crippen molar-refractivity contribution >= 4 is 28.6 Å². The molecule has 2 aromatic heterocycles. The predicted octanol–water partition coefficient (Wildman–Crippen LogP) is 2.76. The van der Waals surface area contributed by atoms with Gasteiger partial charge in [-0.1, -0.05) is 17.7 Å². The molecular formula is C25H26N6O4. The molecule has 1 aliphatic rings. The molecule has 180 valence electrons. The van der Waals surface area contributed by atoms with Crippen LogP contribution < -0.4 is 21.8 Å². The molecule has 10 heteroatoms. The first-order valence-corrected chi connectivity index (χ1v) is 11.5. The van der Waals surface area contributed by atoms with E-state index in [9.17, 15) is 19.5 Å². The van der Waals surface area contributed by atoms with Gasteiger partial charge in [0.25, 0.3) is 5.56 Å². The molecule has 1 aliphatic heterocycles. The average Bonchev–Trinajstić information content (AvgIpc) is 3.19. The number of benzene rings is 2. The zero-order chi connectivity index (χ0) is 24.7. The van der Waals surface area contributed by atoms with Crippen molar-refractivity contribution < 1.29 is 5.11 Å². The maximum atomic E-state index is 12.6. The summed E-state index contributed by atoms with van der Waals surface area (Å²) in [5, 5.41) is 11.0. The summed E-state index contributed by atoms with van der Waals surface area (Å²) in [6, 6.07) is 9.03. The lowest BCUT2D eigenvalue weighted by molar-refractivity contribution is 0.430. The minimum absolute atomic E-state index is 0.142. The molecule has 1 saturated heterocycles. The Morgan fingerprint density at radius 1 is 0.914 bits per heavy atom. The Hall–Kier alpha value is -4.34. The summed E-state index contributed by atoms with van der Waals surface area (Å²) in [5.41, 5.74) is 2.91. The van der Waals surface area contributed by atoms with Crippen LogP contribution in [0.2, 0.25) is 0 Å². The molecular weight excluding hydrogens is 448 g/mol. The molecule has 4 aromatic rings. The topological polar surface area (TPSA) is 139 Å². The second-order valence-electron chi connectivity index (χ2n) is 8.89. The minimum Gasteiger partial charge on any atom is -0.493 e. The number of aromatic amines is 3. The summed E-state index contributed by atoms with van der Waals surface area (Å²) < 4.78 is 1.07. The number of imidazole rings is 1. The summed E-state index contributed by atoms with van der Waals surface area (Å²) in [5.74, 6) is -0.495. The molecule has 2 aromatic carbocycles. The van der Waals surface area contributed by atoms with Gasteiger partial charge in [-0.2, -0.15) is 0 Å². The summed E-state index contributed by atoms with van der Waals surface area (Å²) in [6.45, 7) is 5.46. The van der Waals surface area contributed by atoms with Gasteiger partial charge in [0, 0.05) is 19.3 Å². The van der Waals surface area contributed by atoms with Crippen molar-refractivity contribution in [1.82, 2.24) is 19.5 Å². The zero-order valence-electron chi connectivity index (χ0n) is 19.5. The van der Waals surface area contributed by atoms with Gasteiger partial charge in [-0.05, 0) is 56.9 Å². The van der Waals surface area contributed by atoms with Gasteiger partial charge in [-0.3, -0.25) is 14.8 Å². The number of hydrogen-bond acceptors (Lipinski definition) is 6. The Balaban J connectivity index is 1.64. The number of anilines is 1. The third-order valence-electron chi connectivity index (χ3n) is 6.35. The lowest BCUT2D eigenvalue weighted by atomic mass is 10.1. The maximum Gasteiger partial charge on any atom is 0.335 e. The van der Waals surface area contributed by atoms with Gasteiger partial charge in [-0.15, -0.1) is 0 Å². The lowest BCUT2D eigenvalue weighted by Crippen LogP contribution is -2.31. The fourth-order valence-corrected chi connectivity index (χ4v) is 4.62. The number of nitrogens with one attached hydrogen (secondary N) is 3. The minimum atomic E-state index is -0.743. The molecule has 5 rings (SSSR count). The van der Waals surface area contributed by atoms with Gasteiger partial charge in [-0.25, -0.2) is 14.2 Å². The molecule has 0 aliphatic carbocycles. The standard InChI is InChI=1S/C25H26N6O4/c1-14-6-7-20(15(2)10-14)31-23(33)16(22(32)29-25(31)35)13-26-19-11-17-18(28-24(34)27-17)12-21(19)30-8-4-3-5-9-30/h6-7,10-13,33H,3-5,8-9H2,1-2H3,(H2,27,28,34)(H,29,32,35). The second-order valence-corrected chi connectivity index (χ2v) is 8.89. The van der Waals surface area contributed by atoms with Crippen LogP contribution in [-0.4, -0.2) is 43.9 Å². The summed E-state index contributed by atoms with van der Waals surface area (Å²) >= 11 is 0. The monoisotopic (exact) mass is 474 g/mol. The molecule has 0 amide bonds. The lowest BCUT2D eigenvalue weighted by Gasteiger charge is -2.29. The second kappa shape index (κ2) is 8.79. The summed E-state index contributed by atoms with van der Waals surface area (Å²) in [7, 11) is 0. The van der Waals surface area contributed by atoms with E-state index in [1.165, 1.54) is 6.21 Å². The van der Waals surface area contributed by atoms with E-state index in [1.807, 2.05) is 32.0 Å². The van der Waals surface area contributed by atoms with Crippen LogP contribution >= 0.6 is 0 Å². The highest BCUT2D eigenvalue weighted by Gasteiger charge is 2.18. The number of aliphatic imine (C=N–C) groups is 1. The van der Waals surface area contributed by atoms with E-state index in [1.54, 1.807) is 12.1 Å². The van der Waals surface area contributed by atoms with E-state index in [2.05, 4.69) is 24.8 Å². The van der Waals surface area contributed by atoms with Crippen LogP contribution in [0.4, 0.5) is 11.4 Å². The van der Waals surface area contributed by atoms with E-state index < -0.39 is 17.1 Å². The Bertz CT molecular complexity index is 1630. The van der Waals surface area contributed by atoms with E-state index >= 15 is 0 Å². The first kappa shape index (κ1) is 22.5. The van der Waals surface area contributed by atoms with Gasteiger partial charge < -0.3 is 20.0 Å². The van der Waals surface area contributed by atoms with Gasteiger partial charge in [0.2, 0.25) is 5.88 Å². The number of H-pyrrole nitrogens is 3. The molecule has 0 atom stereocenters. The molecule has 0 unspecified atom stereocenters. The highest BCUT2D eigenvalue weighted by molar-refractivity contribution is 5.91. The largest absolute Gasteiger partial charge is 0.493 e. The van der Waals surface area contributed by atoms with Crippen molar-refractivity contribution in [2.45, 2.75) is 33.1 Å². The maximum absolute atomic E-state index is 12.6. The summed E-state index contributed by atoms with van der Waals surface area (Å²) in [4.78, 5) is 51.6. The molecule has 0 bridgehead atoms. The molecule has 35 heavy (non-hydrogen) atoms. The Morgan fingerprint density at radius 2 is 1.63 bits per heavy atom. The van der Waals surface area contributed by atoms with Crippen molar-refractivity contribution in [3.8, 4) is 11.6 Å². The Kier molecular flexibility index (Phi) is 5.64. The van der Waals surface area contributed by atoms with Crippen LogP contribution in [0.25, 0.3) is 16.7 Å². The van der Waals surface area contributed by atoms with Gasteiger partial charge in [0.05, 0.1) is 28.1 Å². The Labute approximate surface area is 199 Å². The number of aromatic hydroxyl groups is 1. The van der Waals surface area contributed by atoms with Crippen molar-refractivity contribution in [1.29, 1.82) is 0 Å². The fraction of sp³-hybridized carbons (Fsp3) is 0.280. The van der Waals surface area contributed by atoms with Gasteiger partial charge in [0.15, 0.2) is 0 Å². The van der Waals surface area contributed by atoms with Crippen molar-refractivity contribution in [2.24, 2.45) is 4.99 Å². The predicted molar refractivity (Wildman–Crippen MR) is 136 cm³/mol. The van der Waals surface area contributed by atoms with Gasteiger partial charge >= 0.3 is 11.4 Å². The smallest absolute Gasteiger partial charge is 0.335 e. The molecule has 4 N–H and O–H groups in total. The third kappa shape index (κ3) is 4.18. The quantitative estimate of drug-likeness (QED) is 0.337. The third-order valence-corrected chi connectivity index (χ3v) is 6.35. The average molecular weight is 475 g/mol. The number of piperidine rings is 1. The fourth-order valence-electron chi connectivity index (χ4n) is 4.62. The SMILES string of the molecule is Cc1ccc(-n2c(O)c(C=Nc3cc4[nH]c(=O)[nH]c4cc3N3CCCCC3)c(=O)[nH]c2=O)c(C)c1. The first-order chi connectivity index (χ1) is 16.8. The molecule has 1 fully saturated rings. The number of hydrogen-bond donors (Lipinski definition) is 4. The van der Waals surface area contributed by atoms with Crippen LogP contribution in [0.1, 0.15) is 36.0 Å². The Morgan fingerprint density at radius 3 is 2.34 bits per heavy atom. The number of aromatic nitrogens is 4. The zero-order valence-corrected chi connectivity index (χ0v) is 19.5.